The third-order valence-corrected chi connectivity index (χ3v) is 5.08. The van der Waals surface area contributed by atoms with E-state index in [-0.39, 0.29) is 28.7 Å². The molecule has 0 bridgehead atoms. The van der Waals surface area contributed by atoms with E-state index in [4.69, 9.17) is 28.0 Å². The van der Waals surface area contributed by atoms with Crippen molar-refractivity contribution < 1.29 is 19.3 Å². The number of non-ortho nitro benzene ring substituents is 1. The van der Waals surface area contributed by atoms with Crippen LogP contribution >= 0.6 is 23.2 Å². The van der Waals surface area contributed by atoms with Crippen molar-refractivity contribution in [2.75, 3.05) is 0 Å². The number of carbonyl (C=O) groups excluding carboxylic acids is 2. The van der Waals surface area contributed by atoms with Crippen molar-refractivity contribution >= 4 is 46.4 Å². The van der Waals surface area contributed by atoms with E-state index in [2.05, 4.69) is 5.16 Å². The number of benzene rings is 1. The standard InChI is InChI=1S/C17H16Cl2N2O5/c1-9(2)12-8-13(17(3,19)15(18)14(12)22)20-26-16(23)10-5-4-6-11(7-10)21(24)25/h4-9,15H,1-3H3/b20-13+. The number of hydrogen-bond acceptors (Lipinski definition) is 6. The smallest absolute Gasteiger partial charge is 0.312 e. The lowest BCUT2D eigenvalue weighted by Crippen LogP contribution is -2.47. The lowest BCUT2D eigenvalue weighted by atomic mass is 9.82. The molecule has 0 aliphatic heterocycles. The average molecular weight is 399 g/mol. The maximum Gasteiger partial charge on any atom is 0.365 e. The third-order valence-electron chi connectivity index (χ3n) is 3.93. The molecule has 0 amide bonds. The Bertz CT molecular complexity index is 830. The Hall–Kier alpha value is -2.25. The van der Waals surface area contributed by atoms with Crippen LogP contribution in [0.2, 0.25) is 0 Å². The molecule has 0 N–H and O–H groups in total. The first-order chi connectivity index (χ1) is 12.1. The lowest BCUT2D eigenvalue weighted by molar-refractivity contribution is -0.384. The first-order valence-corrected chi connectivity index (χ1v) is 8.50. The molecule has 2 rings (SSSR count). The van der Waals surface area contributed by atoms with Gasteiger partial charge in [-0.25, -0.2) is 4.79 Å². The Balaban J connectivity index is 2.33. The van der Waals surface area contributed by atoms with E-state index in [0.717, 1.165) is 6.07 Å². The summed E-state index contributed by atoms with van der Waals surface area (Å²) in [6, 6.07) is 5.05. The van der Waals surface area contributed by atoms with Gasteiger partial charge < -0.3 is 4.84 Å². The average Bonchev–Trinajstić information content (AvgIpc) is 2.58. The Morgan fingerprint density at radius 1 is 1.42 bits per heavy atom. The summed E-state index contributed by atoms with van der Waals surface area (Å²) >= 11 is 12.5. The molecular weight excluding hydrogens is 383 g/mol. The summed E-state index contributed by atoms with van der Waals surface area (Å²) in [6.07, 6.45) is 1.46. The zero-order valence-corrected chi connectivity index (χ0v) is 15.7. The molecule has 0 saturated heterocycles. The summed E-state index contributed by atoms with van der Waals surface area (Å²) in [5, 5.41) is 13.5. The molecular formula is C17H16Cl2N2O5. The van der Waals surface area contributed by atoms with Gasteiger partial charge in [0, 0.05) is 17.7 Å². The van der Waals surface area contributed by atoms with Crippen molar-refractivity contribution in [1.29, 1.82) is 0 Å². The van der Waals surface area contributed by atoms with Gasteiger partial charge in [0.25, 0.3) is 5.69 Å². The quantitative estimate of drug-likeness (QED) is 0.331. The highest BCUT2D eigenvalue weighted by atomic mass is 35.5. The van der Waals surface area contributed by atoms with Gasteiger partial charge in [-0.1, -0.05) is 25.1 Å². The van der Waals surface area contributed by atoms with Gasteiger partial charge in [0.05, 0.1) is 10.5 Å². The number of hydrogen-bond donors (Lipinski definition) is 0. The number of nitro groups is 1. The second-order valence-corrected chi connectivity index (χ2v) is 7.44. The Morgan fingerprint density at radius 3 is 2.65 bits per heavy atom. The van der Waals surface area contributed by atoms with Crippen molar-refractivity contribution in [2.24, 2.45) is 11.1 Å². The van der Waals surface area contributed by atoms with E-state index in [1.165, 1.54) is 31.2 Å². The van der Waals surface area contributed by atoms with Crippen LogP contribution in [0.4, 0.5) is 5.69 Å². The Kier molecular flexibility index (Phi) is 5.83. The van der Waals surface area contributed by atoms with Crippen LogP contribution in [0.1, 0.15) is 31.1 Å². The molecule has 1 aromatic rings. The molecule has 26 heavy (non-hydrogen) atoms. The fraction of sp³-hybridized carbons (Fsp3) is 0.353. The maximum atomic E-state index is 12.3. The number of ketones is 1. The molecule has 0 spiro atoms. The topological polar surface area (TPSA) is 98.9 Å². The normalized spacial score (nSPS) is 24.5. The minimum Gasteiger partial charge on any atom is -0.312 e. The van der Waals surface area contributed by atoms with E-state index in [9.17, 15) is 19.7 Å². The second kappa shape index (κ2) is 7.55. The minimum atomic E-state index is -1.36. The monoisotopic (exact) mass is 398 g/mol. The van der Waals surface area contributed by atoms with Gasteiger partial charge in [0.15, 0.2) is 5.78 Å². The highest BCUT2D eigenvalue weighted by Crippen LogP contribution is 2.35. The SMILES string of the molecule is CC(C)C1=C/C(=N\OC(=O)c2cccc([N+](=O)[O-])c2)C(C)(Cl)C(Cl)C1=O. The van der Waals surface area contributed by atoms with Crippen molar-refractivity contribution in [3.8, 4) is 0 Å². The number of nitro benzene ring substituents is 1. The van der Waals surface area contributed by atoms with Gasteiger partial charge in [-0.15, -0.1) is 23.2 Å². The predicted molar refractivity (Wildman–Crippen MR) is 97.8 cm³/mol. The van der Waals surface area contributed by atoms with Crippen LogP contribution in [-0.2, 0) is 9.63 Å². The molecule has 2 unspecified atom stereocenters. The van der Waals surface area contributed by atoms with Gasteiger partial charge >= 0.3 is 5.97 Å². The number of halogens is 2. The molecule has 1 aliphatic carbocycles. The second-order valence-electron chi connectivity index (χ2n) is 6.22. The Morgan fingerprint density at radius 2 is 2.08 bits per heavy atom. The van der Waals surface area contributed by atoms with Gasteiger partial charge in [0.2, 0.25) is 0 Å². The highest BCUT2D eigenvalue weighted by Gasteiger charge is 2.45. The molecule has 2 atom stereocenters. The number of Topliss-reactive ketones (excluding diaryl/α,β-unsaturated/α-hetero) is 1. The highest BCUT2D eigenvalue weighted by molar-refractivity contribution is 6.51. The molecule has 7 nitrogen and oxygen atoms in total. The molecule has 1 aliphatic rings. The van der Waals surface area contributed by atoms with Crippen LogP contribution in [-0.4, -0.2) is 32.6 Å². The predicted octanol–water partition coefficient (Wildman–Crippen LogP) is 3.88. The summed E-state index contributed by atoms with van der Waals surface area (Å²) in [5.41, 5.74) is 0.261. The third kappa shape index (κ3) is 3.94. The van der Waals surface area contributed by atoms with Crippen LogP contribution < -0.4 is 0 Å². The largest absolute Gasteiger partial charge is 0.365 e. The molecule has 9 heteroatoms. The van der Waals surface area contributed by atoms with E-state index in [1.54, 1.807) is 0 Å². The molecule has 0 fully saturated rings. The summed E-state index contributed by atoms with van der Waals surface area (Å²) < 4.78 is 0. The summed E-state index contributed by atoms with van der Waals surface area (Å²) in [7, 11) is 0. The zero-order valence-electron chi connectivity index (χ0n) is 14.2. The van der Waals surface area contributed by atoms with E-state index < -0.39 is 21.1 Å². The molecule has 0 heterocycles. The van der Waals surface area contributed by atoms with E-state index >= 15 is 0 Å². The number of rotatable bonds is 4. The van der Waals surface area contributed by atoms with Crippen molar-refractivity contribution in [3.63, 3.8) is 0 Å². The molecule has 0 radical (unpaired) electrons. The van der Waals surface area contributed by atoms with Crippen LogP contribution in [0.5, 0.6) is 0 Å². The number of nitrogens with zero attached hydrogens (tertiary/aromatic N) is 2. The lowest BCUT2D eigenvalue weighted by Gasteiger charge is -2.32. The fourth-order valence-electron chi connectivity index (χ4n) is 2.34. The summed E-state index contributed by atoms with van der Waals surface area (Å²) in [4.78, 5) is 38.1. The summed E-state index contributed by atoms with van der Waals surface area (Å²) in [6.45, 7) is 5.13. The first-order valence-electron chi connectivity index (χ1n) is 7.68. The maximum absolute atomic E-state index is 12.3. The van der Waals surface area contributed by atoms with Gasteiger partial charge in [-0.05, 0) is 25.0 Å². The number of oxime groups is 1. The number of carbonyl (C=O) groups is 2. The van der Waals surface area contributed by atoms with Gasteiger partial charge in [-0.2, -0.15) is 0 Å². The van der Waals surface area contributed by atoms with Crippen molar-refractivity contribution in [1.82, 2.24) is 0 Å². The number of allylic oxidation sites excluding steroid dienone is 2. The van der Waals surface area contributed by atoms with Crippen LogP contribution in [0, 0.1) is 16.0 Å². The molecule has 138 valence electrons. The van der Waals surface area contributed by atoms with Gasteiger partial charge in [-0.3, -0.25) is 14.9 Å². The first kappa shape index (κ1) is 20.1. The van der Waals surface area contributed by atoms with Gasteiger partial charge in [0.1, 0.15) is 16.0 Å². The van der Waals surface area contributed by atoms with E-state index in [0.29, 0.717) is 5.57 Å². The zero-order chi connectivity index (χ0) is 19.6. The number of alkyl halides is 2. The molecule has 0 saturated carbocycles. The minimum absolute atomic E-state index is 0.0396. The van der Waals surface area contributed by atoms with Crippen LogP contribution in [0.25, 0.3) is 0 Å². The Labute approximate surface area is 159 Å². The van der Waals surface area contributed by atoms with Crippen LogP contribution in [0.15, 0.2) is 41.1 Å². The van der Waals surface area contributed by atoms with E-state index in [1.807, 2.05) is 13.8 Å². The van der Waals surface area contributed by atoms with Crippen LogP contribution in [0.3, 0.4) is 0 Å². The van der Waals surface area contributed by atoms with Crippen molar-refractivity contribution in [2.45, 2.75) is 31.0 Å². The molecule has 0 aromatic heterocycles. The van der Waals surface area contributed by atoms with Crippen molar-refractivity contribution in [3.05, 3.63) is 51.6 Å². The summed E-state index contributed by atoms with van der Waals surface area (Å²) in [5.74, 6) is -1.31. The molecule has 1 aromatic carbocycles. The fourth-order valence-corrected chi connectivity index (χ4v) is 2.76.